The minimum Gasteiger partial charge on any atom is -0.497 e. The summed E-state index contributed by atoms with van der Waals surface area (Å²) in [5.74, 6) is -0.0304. The molecule has 3 aromatic heterocycles. The second-order valence-electron chi connectivity index (χ2n) is 13.3. The summed E-state index contributed by atoms with van der Waals surface area (Å²) in [6.07, 6.45) is -11.8. The second kappa shape index (κ2) is 16.9. The van der Waals surface area contributed by atoms with E-state index in [0.717, 1.165) is 29.5 Å². The molecule has 60 heavy (non-hydrogen) atoms. The number of anilines is 1. The van der Waals surface area contributed by atoms with Crippen LogP contribution >= 0.6 is 26.0 Å². The zero-order valence-electron chi connectivity index (χ0n) is 30.8. The Labute approximate surface area is 339 Å². The van der Waals surface area contributed by atoms with Gasteiger partial charge >= 0.3 is 26.3 Å². The molecule has 3 aliphatic rings. The minimum absolute atomic E-state index is 0.0163. The number of phosphoric ester groups is 1. The van der Waals surface area contributed by atoms with Crippen molar-refractivity contribution in [3.63, 3.8) is 0 Å². The highest BCUT2D eigenvalue weighted by Gasteiger charge is 2.55. The lowest BCUT2D eigenvalue weighted by Gasteiger charge is -2.29. The van der Waals surface area contributed by atoms with E-state index >= 15 is 8.78 Å². The van der Waals surface area contributed by atoms with Crippen LogP contribution in [0.4, 0.5) is 14.6 Å². The third-order valence-electron chi connectivity index (χ3n) is 9.47. The molecule has 4 N–H and O–H groups in total. The van der Waals surface area contributed by atoms with Crippen molar-refractivity contribution in [2.45, 2.75) is 55.0 Å². The summed E-state index contributed by atoms with van der Waals surface area (Å²) >= 11 is 0.586. The van der Waals surface area contributed by atoms with Crippen molar-refractivity contribution in [1.82, 2.24) is 29.1 Å². The first kappa shape index (κ1) is 41.8. The molecule has 8 rings (SSSR count). The van der Waals surface area contributed by atoms with Crippen molar-refractivity contribution >= 4 is 49.0 Å². The van der Waals surface area contributed by atoms with Crippen LogP contribution in [0.15, 0.2) is 83.0 Å². The largest absolute Gasteiger partial charge is 0.497 e. The molecule has 26 heteroatoms. The highest BCUT2D eigenvalue weighted by molar-refractivity contribution is 8.54. The average molecular weight is 896 g/mol. The summed E-state index contributed by atoms with van der Waals surface area (Å²) in [5, 5.41) is 0. The van der Waals surface area contributed by atoms with Crippen molar-refractivity contribution in [3.8, 4) is 11.5 Å². The molecular formula is C34H33F2N7O14P2S. The highest BCUT2D eigenvalue weighted by Crippen LogP contribution is 2.65. The summed E-state index contributed by atoms with van der Waals surface area (Å²) < 4.78 is 107. The zero-order chi connectivity index (χ0) is 42.3. The van der Waals surface area contributed by atoms with E-state index in [4.69, 9.17) is 42.8 Å². The van der Waals surface area contributed by atoms with Crippen LogP contribution < -0.4 is 26.5 Å². The lowest BCUT2D eigenvalue weighted by atomic mass is 10.1. The van der Waals surface area contributed by atoms with Crippen LogP contribution in [0.3, 0.4) is 0 Å². The number of carbonyl (C=O) groups excluding carboxylic acids is 1. The standard InChI is InChI=1S/C34H33F2N7O14P2S/c1-50-19-8-4-18(5-9-19)33(45)53-20-6-2-17(3-7-20)14-60-59(49)52-13-22-27(24(35)32(55-22)43-16-40-26-29(37)38-15-39-30(26)43)56-58(47,48)51-12-21-28(57-59)25(36)31(54-21)42-11-10-23(44)41-34(42)46/h2-11,15-16,21-22,24-25,27-28,31-32H,12-14H2,1H3,(H,47,48)(H2,37,38,39)(H,41,44,46)/t21-,22-,24?,25?,27?,28?,31-,32-,59?/m1/s1. The number of aromatic nitrogens is 6. The number of methoxy groups -OCH3 is 1. The van der Waals surface area contributed by atoms with E-state index in [9.17, 15) is 28.4 Å². The van der Waals surface area contributed by atoms with Gasteiger partial charge in [0.25, 0.3) is 5.56 Å². The Bertz CT molecular complexity index is 2600. The number of rotatable bonds is 8. The molecule has 2 aromatic carbocycles. The molecule has 6 heterocycles. The Morgan fingerprint density at radius 2 is 1.57 bits per heavy atom. The number of halogens is 2. The number of hydrogen-bond donors (Lipinski definition) is 3. The summed E-state index contributed by atoms with van der Waals surface area (Å²) in [5.41, 5.74) is 4.98. The number of ether oxygens (including phenoxy) is 4. The van der Waals surface area contributed by atoms with Gasteiger partial charge in [-0.2, -0.15) is 0 Å². The van der Waals surface area contributed by atoms with E-state index in [1.54, 1.807) is 24.3 Å². The lowest BCUT2D eigenvalue weighted by molar-refractivity contribution is -0.0619. The van der Waals surface area contributed by atoms with Crippen molar-refractivity contribution in [3.05, 3.63) is 105 Å². The van der Waals surface area contributed by atoms with E-state index in [0.29, 0.717) is 27.3 Å². The predicted molar refractivity (Wildman–Crippen MR) is 203 cm³/mol. The SMILES string of the molecule is COc1ccc(C(=O)Oc2ccc(CSP3(=O)OC[C@H]4O[C@@H](n5cnc6c(N)ncnc65)C(F)C4OP(=O)(O)OC[C@H]4O[C@@H](n5ccc(=O)[nH]c5=O)C(F)C4O3)cc2)cc1. The topological polar surface area (TPSA) is 270 Å². The van der Waals surface area contributed by atoms with Crippen LogP contribution in [-0.4, -0.2) is 97.0 Å². The van der Waals surface area contributed by atoms with Gasteiger partial charge in [-0.1, -0.05) is 12.1 Å². The molecule has 5 aromatic rings. The number of nitrogens with zero attached hydrogens (tertiary/aromatic N) is 5. The van der Waals surface area contributed by atoms with Gasteiger partial charge in [-0.05, 0) is 53.3 Å². The number of esters is 1. The number of H-pyrrole nitrogens is 1. The summed E-state index contributed by atoms with van der Waals surface area (Å²) in [6, 6.07) is 13.3. The van der Waals surface area contributed by atoms with Crippen molar-refractivity contribution in [1.29, 1.82) is 0 Å². The molecule has 0 spiro atoms. The van der Waals surface area contributed by atoms with Crippen molar-refractivity contribution < 1.29 is 64.6 Å². The first-order chi connectivity index (χ1) is 28.7. The van der Waals surface area contributed by atoms with Crippen LogP contribution in [-0.2, 0) is 42.5 Å². The predicted octanol–water partition coefficient (Wildman–Crippen LogP) is 3.62. The Hall–Kier alpha value is -4.87. The number of nitrogen functional groups attached to an aromatic ring is 1. The Morgan fingerprint density at radius 1 is 0.917 bits per heavy atom. The summed E-state index contributed by atoms with van der Waals surface area (Å²) in [4.78, 5) is 61.8. The number of carbonyl (C=O) groups is 1. The van der Waals surface area contributed by atoms with Gasteiger partial charge in [0.1, 0.15) is 47.8 Å². The summed E-state index contributed by atoms with van der Waals surface area (Å²) in [7, 11) is -3.74. The average Bonchev–Trinajstić information content (AvgIpc) is 3.89. The molecule has 0 saturated carbocycles. The molecule has 3 fully saturated rings. The maximum Gasteiger partial charge on any atom is 0.472 e. The van der Waals surface area contributed by atoms with Gasteiger partial charge in [0.2, 0.25) is 0 Å². The van der Waals surface area contributed by atoms with E-state index < -0.39 is 94.3 Å². The third kappa shape index (κ3) is 8.66. The fraction of sp³-hybridized carbons (Fsp3) is 0.353. The first-order valence-electron chi connectivity index (χ1n) is 17.7. The number of nitrogens with two attached hydrogens (primary N) is 1. The van der Waals surface area contributed by atoms with E-state index in [1.165, 1.54) is 31.4 Å². The Balaban J connectivity index is 1.06. The molecule has 3 aliphatic heterocycles. The van der Waals surface area contributed by atoms with Gasteiger partial charge < -0.3 is 29.6 Å². The third-order valence-corrected chi connectivity index (χ3v) is 14.1. The molecule has 0 amide bonds. The molecule has 21 nitrogen and oxygen atoms in total. The smallest absolute Gasteiger partial charge is 0.472 e. The number of fused-ring (bicyclic) bond motifs is 3. The van der Waals surface area contributed by atoms with Crippen LogP contribution in [0.1, 0.15) is 28.4 Å². The van der Waals surface area contributed by atoms with E-state index in [-0.39, 0.29) is 34.0 Å². The van der Waals surface area contributed by atoms with E-state index in [2.05, 4.69) is 15.0 Å². The Kier molecular flexibility index (Phi) is 11.8. The number of imidazole rings is 1. The van der Waals surface area contributed by atoms with Gasteiger partial charge in [-0.25, -0.2) is 42.5 Å². The zero-order valence-corrected chi connectivity index (χ0v) is 33.4. The molecule has 3 saturated heterocycles. The van der Waals surface area contributed by atoms with Gasteiger partial charge in [0.15, 0.2) is 36.3 Å². The number of alkyl halides is 2. The van der Waals surface area contributed by atoms with E-state index in [1.807, 2.05) is 4.98 Å². The number of phosphoric acid groups is 1. The van der Waals surface area contributed by atoms with Crippen LogP contribution in [0, 0.1) is 0 Å². The minimum atomic E-state index is -5.23. The van der Waals surface area contributed by atoms with Crippen LogP contribution in [0.25, 0.3) is 11.2 Å². The molecule has 0 aliphatic carbocycles. The van der Waals surface area contributed by atoms with Gasteiger partial charge in [0, 0.05) is 18.0 Å². The van der Waals surface area contributed by atoms with Gasteiger partial charge in [-0.15, -0.1) is 0 Å². The maximum atomic E-state index is 16.4. The maximum absolute atomic E-state index is 16.4. The van der Waals surface area contributed by atoms with Crippen molar-refractivity contribution in [2.75, 3.05) is 26.1 Å². The molecule has 318 valence electrons. The molecule has 6 unspecified atom stereocenters. The number of hydrogen-bond acceptors (Lipinski definition) is 18. The van der Waals surface area contributed by atoms with Crippen LogP contribution in [0.2, 0.25) is 0 Å². The second-order valence-corrected chi connectivity index (χ2v) is 18.7. The fourth-order valence-electron chi connectivity index (χ4n) is 6.50. The molecular weight excluding hydrogens is 862 g/mol. The first-order valence-corrected chi connectivity index (χ1v) is 22.4. The summed E-state index contributed by atoms with van der Waals surface area (Å²) in [6.45, 7) is -6.40. The Morgan fingerprint density at radius 3 is 2.25 bits per heavy atom. The quantitative estimate of drug-likeness (QED) is 0.114. The lowest BCUT2D eigenvalue weighted by Crippen LogP contribution is -2.38. The number of aromatic amines is 1. The highest BCUT2D eigenvalue weighted by atomic mass is 32.7. The normalized spacial score (nSPS) is 30.8. The fourth-order valence-corrected chi connectivity index (χ4v) is 10.8. The van der Waals surface area contributed by atoms with Crippen LogP contribution in [0.5, 0.6) is 11.5 Å². The molecule has 0 bridgehead atoms. The molecule has 10 atom stereocenters. The monoisotopic (exact) mass is 895 g/mol. The number of benzene rings is 2. The molecule has 0 radical (unpaired) electrons. The number of nitrogens with one attached hydrogen (secondary N) is 1. The van der Waals surface area contributed by atoms with Gasteiger partial charge in [0.05, 0.1) is 32.2 Å². The van der Waals surface area contributed by atoms with Crippen molar-refractivity contribution in [2.24, 2.45) is 0 Å². The van der Waals surface area contributed by atoms with Gasteiger partial charge in [-0.3, -0.25) is 37.0 Å².